The first kappa shape index (κ1) is 20.7. The number of benzene rings is 4. The molecule has 2 N–H and O–H groups in total. The third-order valence-corrected chi connectivity index (χ3v) is 6.06. The Balaban J connectivity index is 1.66. The molecule has 0 aliphatic carbocycles. The van der Waals surface area contributed by atoms with E-state index in [-0.39, 0.29) is 15.8 Å². The van der Waals surface area contributed by atoms with Crippen molar-refractivity contribution in [2.75, 3.05) is 5.32 Å². The number of nitrogens with one attached hydrogen (secondary N) is 2. The highest BCUT2D eigenvalue weighted by atomic mass is 32.2. The predicted octanol–water partition coefficient (Wildman–Crippen LogP) is 4.96. The molecule has 0 saturated heterocycles. The van der Waals surface area contributed by atoms with Crippen molar-refractivity contribution in [2.24, 2.45) is 4.40 Å². The van der Waals surface area contributed by atoms with E-state index in [9.17, 15) is 8.42 Å². The minimum atomic E-state index is -3.92. The van der Waals surface area contributed by atoms with Crippen LogP contribution in [0.3, 0.4) is 0 Å². The molecular weight excluding hydrogens is 426 g/mol. The summed E-state index contributed by atoms with van der Waals surface area (Å²) in [5.74, 6) is 0.141. The fraction of sp³-hybridized carbons (Fsp3) is 0. The molecule has 154 valence electrons. The second-order valence-electron chi connectivity index (χ2n) is 6.70. The number of sulfonamides is 1. The summed E-state index contributed by atoms with van der Waals surface area (Å²) in [5.41, 5.74) is 1.41. The lowest BCUT2D eigenvalue weighted by Gasteiger charge is -2.14. The molecule has 0 unspecified atom stereocenters. The van der Waals surface area contributed by atoms with Crippen LogP contribution in [0, 0.1) is 0 Å². The molecule has 0 aliphatic heterocycles. The molecule has 4 aromatic carbocycles. The Morgan fingerprint density at radius 1 is 0.742 bits per heavy atom. The number of thiocarbonyl (C=S) groups is 1. The molecule has 0 amide bonds. The highest BCUT2D eigenvalue weighted by Gasteiger charge is 2.16. The maximum atomic E-state index is 12.8. The van der Waals surface area contributed by atoms with Gasteiger partial charge < -0.3 is 10.6 Å². The van der Waals surface area contributed by atoms with Crippen molar-refractivity contribution in [1.29, 1.82) is 0 Å². The zero-order valence-corrected chi connectivity index (χ0v) is 18.0. The Kier molecular flexibility index (Phi) is 6.06. The van der Waals surface area contributed by atoms with Crippen molar-refractivity contribution in [3.8, 4) is 0 Å². The second kappa shape index (κ2) is 9.07. The van der Waals surface area contributed by atoms with E-state index in [1.54, 1.807) is 30.3 Å². The van der Waals surface area contributed by atoms with Crippen LogP contribution >= 0.6 is 12.2 Å². The first-order valence-electron chi connectivity index (χ1n) is 9.54. The van der Waals surface area contributed by atoms with Gasteiger partial charge in [-0.1, -0.05) is 84.9 Å². The highest BCUT2D eigenvalue weighted by molar-refractivity contribution is 7.90. The van der Waals surface area contributed by atoms with Gasteiger partial charge >= 0.3 is 0 Å². The monoisotopic (exact) mass is 445 g/mol. The molecule has 0 fully saturated rings. The molecule has 0 atom stereocenters. The quantitative estimate of drug-likeness (QED) is 0.264. The van der Waals surface area contributed by atoms with Crippen molar-refractivity contribution in [3.05, 3.63) is 109 Å². The lowest BCUT2D eigenvalue weighted by atomic mass is 10.1. The summed E-state index contributed by atoms with van der Waals surface area (Å²) in [5, 5.41) is 8.43. The summed E-state index contributed by atoms with van der Waals surface area (Å²) in [6.07, 6.45) is 0. The summed E-state index contributed by atoms with van der Waals surface area (Å²) in [6.45, 7) is 0. The lowest BCUT2D eigenvalue weighted by molar-refractivity contribution is 0.598. The number of anilines is 1. The van der Waals surface area contributed by atoms with E-state index in [4.69, 9.17) is 12.2 Å². The molecule has 4 rings (SSSR count). The molecule has 0 heterocycles. The van der Waals surface area contributed by atoms with Gasteiger partial charge in [0.1, 0.15) is 0 Å². The van der Waals surface area contributed by atoms with Crippen molar-refractivity contribution < 1.29 is 8.42 Å². The fourth-order valence-electron chi connectivity index (χ4n) is 3.10. The molecule has 0 aliphatic rings. The van der Waals surface area contributed by atoms with Crippen LogP contribution in [0.15, 0.2) is 112 Å². The maximum absolute atomic E-state index is 12.8. The zero-order valence-electron chi connectivity index (χ0n) is 16.4. The Hall–Kier alpha value is -3.55. The third-order valence-electron chi connectivity index (χ3n) is 4.57. The number of rotatable bonds is 4. The van der Waals surface area contributed by atoms with Gasteiger partial charge in [-0.3, -0.25) is 0 Å². The van der Waals surface area contributed by atoms with Gasteiger partial charge in [-0.2, -0.15) is 8.42 Å². The largest absolute Gasteiger partial charge is 0.332 e. The third kappa shape index (κ3) is 4.96. The van der Waals surface area contributed by atoms with Crippen LogP contribution in [0.5, 0.6) is 0 Å². The van der Waals surface area contributed by atoms with E-state index in [2.05, 4.69) is 15.0 Å². The van der Waals surface area contributed by atoms with Gasteiger partial charge in [-0.25, -0.2) is 0 Å². The number of nitrogens with zero attached hydrogens (tertiary/aromatic N) is 1. The lowest BCUT2D eigenvalue weighted by Crippen LogP contribution is -2.35. The fourth-order valence-corrected chi connectivity index (χ4v) is 4.31. The van der Waals surface area contributed by atoms with Crippen LogP contribution in [0.1, 0.15) is 5.56 Å². The van der Waals surface area contributed by atoms with Crippen LogP contribution in [0.2, 0.25) is 0 Å². The molecule has 0 bridgehead atoms. The van der Waals surface area contributed by atoms with E-state index in [0.29, 0.717) is 5.56 Å². The molecular formula is C24H19N3O2S2. The van der Waals surface area contributed by atoms with Crippen molar-refractivity contribution in [3.63, 3.8) is 0 Å². The summed E-state index contributed by atoms with van der Waals surface area (Å²) in [4.78, 5) is 0.109. The Labute approximate surface area is 186 Å². The van der Waals surface area contributed by atoms with Gasteiger partial charge in [0, 0.05) is 16.6 Å². The van der Waals surface area contributed by atoms with Gasteiger partial charge in [-0.05, 0) is 35.8 Å². The SMILES string of the molecule is O=S(=O)(N=C(NC(=S)Nc1cccc2ccccc12)c1ccccc1)c1ccccc1. The molecule has 0 radical (unpaired) electrons. The van der Waals surface area contributed by atoms with Crippen LogP contribution in [0.4, 0.5) is 5.69 Å². The normalized spacial score (nSPS) is 11.8. The average molecular weight is 446 g/mol. The molecule has 7 heteroatoms. The van der Waals surface area contributed by atoms with E-state index in [0.717, 1.165) is 16.5 Å². The molecule has 31 heavy (non-hydrogen) atoms. The molecule has 0 saturated carbocycles. The molecule has 5 nitrogen and oxygen atoms in total. The minimum absolute atomic E-state index is 0.109. The van der Waals surface area contributed by atoms with Gasteiger partial charge in [0.15, 0.2) is 10.9 Å². The van der Waals surface area contributed by atoms with Gasteiger partial charge in [0.05, 0.1) is 4.90 Å². The second-order valence-corrected chi connectivity index (χ2v) is 8.71. The summed E-state index contributed by atoms with van der Waals surface area (Å²) in [6, 6.07) is 30.9. The Morgan fingerprint density at radius 3 is 2.10 bits per heavy atom. The zero-order chi connectivity index (χ0) is 21.7. The van der Waals surface area contributed by atoms with Crippen LogP contribution < -0.4 is 10.6 Å². The van der Waals surface area contributed by atoms with Crippen LogP contribution in [0.25, 0.3) is 10.8 Å². The summed E-state index contributed by atoms with van der Waals surface area (Å²) >= 11 is 5.48. The maximum Gasteiger partial charge on any atom is 0.284 e. The molecule has 4 aromatic rings. The average Bonchev–Trinajstić information content (AvgIpc) is 2.80. The van der Waals surface area contributed by atoms with Crippen molar-refractivity contribution in [2.45, 2.75) is 4.90 Å². The Morgan fingerprint density at radius 2 is 1.35 bits per heavy atom. The topological polar surface area (TPSA) is 70.6 Å². The first-order chi connectivity index (χ1) is 15.0. The molecule has 0 spiro atoms. The Bertz CT molecular complexity index is 1350. The van der Waals surface area contributed by atoms with Crippen LogP contribution in [-0.2, 0) is 10.0 Å². The highest BCUT2D eigenvalue weighted by Crippen LogP contribution is 2.23. The van der Waals surface area contributed by atoms with Crippen molar-refractivity contribution >= 4 is 49.6 Å². The van der Waals surface area contributed by atoms with Gasteiger partial charge in [-0.15, -0.1) is 4.40 Å². The van der Waals surface area contributed by atoms with E-state index >= 15 is 0 Å². The number of fused-ring (bicyclic) bond motifs is 1. The van der Waals surface area contributed by atoms with Gasteiger partial charge in [0.25, 0.3) is 10.0 Å². The minimum Gasteiger partial charge on any atom is -0.332 e. The van der Waals surface area contributed by atoms with E-state index in [1.807, 2.05) is 60.7 Å². The van der Waals surface area contributed by atoms with E-state index in [1.165, 1.54) is 12.1 Å². The number of amidine groups is 1. The number of hydrogen-bond donors (Lipinski definition) is 2. The molecule has 0 aromatic heterocycles. The van der Waals surface area contributed by atoms with E-state index < -0.39 is 10.0 Å². The van der Waals surface area contributed by atoms with Crippen LogP contribution in [-0.4, -0.2) is 19.4 Å². The standard InChI is InChI=1S/C24H19N3O2S2/c28-31(29,20-14-5-2-6-15-20)27-23(19-11-3-1-4-12-19)26-24(30)25-22-17-9-13-18-10-7-8-16-21(18)22/h1-17H,(H2,25,26,27,30). The smallest absolute Gasteiger partial charge is 0.284 e. The predicted molar refractivity (Wildman–Crippen MR) is 130 cm³/mol. The van der Waals surface area contributed by atoms with Gasteiger partial charge in [0.2, 0.25) is 0 Å². The van der Waals surface area contributed by atoms with Crippen molar-refractivity contribution in [1.82, 2.24) is 5.32 Å². The first-order valence-corrected chi connectivity index (χ1v) is 11.4. The summed E-state index contributed by atoms with van der Waals surface area (Å²) < 4.78 is 29.7. The summed E-state index contributed by atoms with van der Waals surface area (Å²) in [7, 11) is -3.92. The number of hydrogen-bond acceptors (Lipinski definition) is 3.